The average molecular weight is 151 g/mol. The standard InChI is InChI=1S/C7H9N3O/c8-5-1-4(7(10)11)2-6(9)3-5/h1-3H,8-9H2,(H2,10,11). The molecule has 0 aromatic heterocycles. The average Bonchev–Trinajstić information content (AvgIpc) is 1.85. The summed E-state index contributed by atoms with van der Waals surface area (Å²) in [6.45, 7) is 0. The predicted molar refractivity (Wildman–Crippen MR) is 43.8 cm³/mol. The molecule has 11 heavy (non-hydrogen) atoms. The van der Waals surface area contributed by atoms with Crippen LogP contribution in [0.2, 0.25) is 0 Å². The first-order valence-corrected chi connectivity index (χ1v) is 3.05. The van der Waals surface area contributed by atoms with Crippen LogP contribution < -0.4 is 17.2 Å². The molecular formula is C7H9N3O. The predicted octanol–water partition coefficient (Wildman–Crippen LogP) is -0.0501. The number of anilines is 2. The van der Waals surface area contributed by atoms with Crippen LogP contribution in [0.25, 0.3) is 0 Å². The van der Waals surface area contributed by atoms with Crippen molar-refractivity contribution in [2.45, 2.75) is 0 Å². The molecule has 6 N–H and O–H groups in total. The van der Waals surface area contributed by atoms with Crippen LogP contribution in [0.1, 0.15) is 10.4 Å². The maximum Gasteiger partial charge on any atom is 0.248 e. The van der Waals surface area contributed by atoms with E-state index in [2.05, 4.69) is 0 Å². The van der Waals surface area contributed by atoms with Crippen LogP contribution >= 0.6 is 0 Å². The molecule has 0 aliphatic carbocycles. The Hall–Kier alpha value is -1.71. The van der Waals surface area contributed by atoms with Crippen molar-refractivity contribution < 1.29 is 4.79 Å². The Morgan fingerprint density at radius 1 is 1.09 bits per heavy atom. The van der Waals surface area contributed by atoms with Gasteiger partial charge in [-0.2, -0.15) is 0 Å². The summed E-state index contributed by atoms with van der Waals surface area (Å²) in [4.78, 5) is 10.6. The highest BCUT2D eigenvalue weighted by Gasteiger charge is 2.00. The number of nitrogens with two attached hydrogens (primary N) is 3. The van der Waals surface area contributed by atoms with Gasteiger partial charge in [0.25, 0.3) is 0 Å². The van der Waals surface area contributed by atoms with Gasteiger partial charge >= 0.3 is 0 Å². The van der Waals surface area contributed by atoms with Gasteiger partial charge in [0, 0.05) is 16.9 Å². The molecule has 1 aromatic rings. The molecular weight excluding hydrogens is 142 g/mol. The van der Waals surface area contributed by atoms with E-state index in [9.17, 15) is 4.79 Å². The summed E-state index contributed by atoms with van der Waals surface area (Å²) >= 11 is 0. The molecule has 0 bridgehead atoms. The normalized spacial score (nSPS) is 9.45. The molecule has 0 heterocycles. The molecule has 1 amide bonds. The third-order valence-corrected chi connectivity index (χ3v) is 1.26. The molecule has 0 atom stereocenters. The van der Waals surface area contributed by atoms with Crippen LogP contribution in [-0.4, -0.2) is 5.91 Å². The lowest BCUT2D eigenvalue weighted by molar-refractivity contribution is 0.100. The summed E-state index contributed by atoms with van der Waals surface area (Å²) in [6.07, 6.45) is 0. The number of hydrogen-bond donors (Lipinski definition) is 3. The van der Waals surface area contributed by atoms with E-state index < -0.39 is 5.91 Å². The van der Waals surface area contributed by atoms with Crippen molar-refractivity contribution in [1.29, 1.82) is 0 Å². The molecule has 0 saturated heterocycles. The zero-order chi connectivity index (χ0) is 8.43. The van der Waals surface area contributed by atoms with Gasteiger partial charge in [0.2, 0.25) is 5.91 Å². The second kappa shape index (κ2) is 2.49. The SMILES string of the molecule is NC(=O)c1cc(N)cc(N)c1. The highest BCUT2D eigenvalue weighted by atomic mass is 16.1. The van der Waals surface area contributed by atoms with Crippen molar-refractivity contribution in [3.63, 3.8) is 0 Å². The van der Waals surface area contributed by atoms with Crippen LogP contribution in [0.3, 0.4) is 0 Å². The molecule has 4 nitrogen and oxygen atoms in total. The maximum atomic E-state index is 10.6. The highest BCUT2D eigenvalue weighted by molar-refractivity contribution is 5.94. The summed E-state index contributed by atoms with van der Waals surface area (Å²) in [5, 5.41) is 0. The van der Waals surface area contributed by atoms with Gasteiger partial charge in [0.1, 0.15) is 0 Å². The largest absolute Gasteiger partial charge is 0.399 e. The van der Waals surface area contributed by atoms with Gasteiger partial charge in [0.15, 0.2) is 0 Å². The minimum absolute atomic E-state index is 0.336. The van der Waals surface area contributed by atoms with E-state index in [0.717, 1.165) is 0 Å². The molecule has 0 radical (unpaired) electrons. The van der Waals surface area contributed by atoms with Crippen molar-refractivity contribution in [1.82, 2.24) is 0 Å². The second-order valence-corrected chi connectivity index (χ2v) is 2.25. The first-order chi connectivity index (χ1) is 5.09. The number of rotatable bonds is 1. The number of amides is 1. The summed E-state index contributed by atoms with van der Waals surface area (Å²) in [5.74, 6) is -0.524. The molecule has 0 aliphatic heterocycles. The summed E-state index contributed by atoms with van der Waals surface area (Å²) in [6, 6.07) is 4.53. The van der Waals surface area contributed by atoms with Gasteiger partial charge in [-0.15, -0.1) is 0 Å². The van der Waals surface area contributed by atoms with Gasteiger partial charge in [0.05, 0.1) is 0 Å². The number of nitrogen functional groups attached to an aromatic ring is 2. The first-order valence-electron chi connectivity index (χ1n) is 3.05. The zero-order valence-corrected chi connectivity index (χ0v) is 5.87. The van der Waals surface area contributed by atoms with Gasteiger partial charge in [-0.1, -0.05) is 0 Å². The second-order valence-electron chi connectivity index (χ2n) is 2.25. The molecule has 0 saturated carbocycles. The fourth-order valence-electron chi connectivity index (χ4n) is 0.819. The van der Waals surface area contributed by atoms with E-state index in [4.69, 9.17) is 17.2 Å². The highest BCUT2D eigenvalue weighted by Crippen LogP contribution is 2.12. The lowest BCUT2D eigenvalue weighted by Crippen LogP contribution is -2.11. The molecule has 1 rings (SSSR count). The summed E-state index contributed by atoms with van der Waals surface area (Å²) in [7, 11) is 0. The lowest BCUT2D eigenvalue weighted by atomic mass is 10.2. The van der Waals surface area contributed by atoms with Crippen molar-refractivity contribution in [3.05, 3.63) is 23.8 Å². The van der Waals surface area contributed by atoms with Crippen molar-refractivity contribution in [2.24, 2.45) is 5.73 Å². The number of carbonyl (C=O) groups is 1. The van der Waals surface area contributed by atoms with Crippen molar-refractivity contribution >= 4 is 17.3 Å². The minimum atomic E-state index is -0.524. The molecule has 0 spiro atoms. The zero-order valence-electron chi connectivity index (χ0n) is 5.87. The third kappa shape index (κ3) is 1.61. The Bertz CT molecular complexity index is 275. The first kappa shape index (κ1) is 7.40. The van der Waals surface area contributed by atoms with Crippen LogP contribution in [-0.2, 0) is 0 Å². The molecule has 0 fully saturated rings. The fraction of sp³-hybridized carbons (Fsp3) is 0. The fourth-order valence-corrected chi connectivity index (χ4v) is 0.819. The molecule has 0 unspecified atom stereocenters. The quantitative estimate of drug-likeness (QED) is 0.491. The Labute approximate surface area is 64.0 Å². The third-order valence-electron chi connectivity index (χ3n) is 1.26. The Kier molecular flexibility index (Phi) is 1.68. The van der Waals surface area contributed by atoms with Gasteiger partial charge in [-0.25, -0.2) is 0 Å². The van der Waals surface area contributed by atoms with E-state index >= 15 is 0 Å². The lowest BCUT2D eigenvalue weighted by Gasteiger charge is -1.99. The van der Waals surface area contributed by atoms with Gasteiger partial charge in [-0.05, 0) is 18.2 Å². The van der Waals surface area contributed by atoms with Crippen LogP contribution in [0.5, 0.6) is 0 Å². The maximum absolute atomic E-state index is 10.6. The number of hydrogen-bond acceptors (Lipinski definition) is 3. The Morgan fingerprint density at radius 2 is 1.55 bits per heavy atom. The molecule has 4 heteroatoms. The van der Waals surface area contributed by atoms with Crippen LogP contribution in [0.4, 0.5) is 11.4 Å². The Morgan fingerprint density at radius 3 is 1.91 bits per heavy atom. The summed E-state index contributed by atoms with van der Waals surface area (Å²) < 4.78 is 0. The summed E-state index contributed by atoms with van der Waals surface area (Å²) in [5.41, 5.74) is 17.0. The van der Waals surface area contributed by atoms with E-state index in [-0.39, 0.29) is 0 Å². The molecule has 1 aromatic carbocycles. The topological polar surface area (TPSA) is 95.1 Å². The van der Waals surface area contributed by atoms with Crippen LogP contribution in [0.15, 0.2) is 18.2 Å². The van der Waals surface area contributed by atoms with Crippen molar-refractivity contribution in [2.75, 3.05) is 11.5 Å². The number of primary amides is 1. The van der Waals surface area contributed by atoms with E-state index in [1.54, 1.807) is 6.07 Å². The number of benzene rings is 1. The van der Waals surface area contributed by atoms with Gasteiger partial charge in [-0.3, -0.25) is 4.79 Å². The van der Waals surface area contributed by atoms with E-state index in [1.165, 1.54) is 12.1 Å². The monoisotopic (exact) mass is 151 g/mol. The van der Waals surface area contributed by atoms with Crippen LogP contribution in [0, 0.1) is 0 Å². The molecule has 0 aliphatic rings. The number of carbonyl (C=O) groups excluding carboxylic acids is 1. The minimum Gasteiger partial charge on any atom is -0.399 e. The Balaban J connectivity index is 3.19. The van der Waals surface area contributed by atoms with Gasteiger partial charge < -0.3 is 17.2 Å². The van der Waals surface area contributed by atoms with Crippen molar-refractivity contribution in [3.8, 4) is 0 Å². The smallest absolute Gasteiger partial charge is 0.248 e. The molecule has 58 valence electrons. The van der Waals surface area contributed by atoms with E-state index in [1.807, 2.05) is 0 Å². The van der Waals surface area contributed by atoms with E-state index in [0.29, 0.717) is 16.9 Å².